The van der Waals surface area contributed by atoms with Gasteiger partial charge in [0.1, 0.15) is 0 Å². The van der Waals surface area contributed by atoms with E-state index in [1.54, 1.807) is 0 Å². The van der Waals surface area contributed by atoms with Crippen molar-refractivity contribution in [3.63, 3.8) is 0 Å². The molecule has 90 valence electrons. The van der Waals surface area contributed by atoms with Crippen LogP contribution < -0.4 is 0 Å². The molecule has 2 heteroatoms. The van der Waals surface area contributed by atoms with Gasteiger partial charge in [-0.1, -0.05) is 38.8 Å². The molecular weight excluding hydrogens is 198 g/mol. The normalized spacial score (nSPS) is 22.7. The molecule has 1 aliphatic carbocycles. The lowest BCUT2D eigenvalue weighted by atomic mass is 9.81. The molecule has 1 amide bonds. The summed E-state index contributed by atoms with van der Waals surface area (Å²) in [7, 11) is 0. The minimum Gasteiger partial charge on any atom is -0.338 e. The van der Waals surface area contributed by atoms with Crippen LogP contribution in [-0.4, -0.2) is 23.9 Å². The largest absolute Gasteiger partial charge is 0.338 e. The molecule has 2 rings (SSSR count). The summed E-state index contributed by atoms with van der Waals surface area (Å²) in [6.07, 6.45) is 6.80. The predicted octanol–water partition coefficient (Wildman–Crippen LogP) is 2.99. The second kappa shape index (κ2) is 4.23. The van der Waals surface area contributed by atoms with Crippen molar-refractivity contribution in [2.24, 2.45) is 11.3 Å². The molecular formula is C14H23NO. The molecule has 16 heavy (non-hydrogen) atoms. The van der Waals surface area contributed by atoms with E-state index in [1.807, 2.05) is 4.90 Å². The summed E-state index contributed by atoms with van der Waals surface area (Å²) in [5.41, 5.74) is 1.77. The van der Waals surface area contributed by atoms with Gasteiger partial charge in [0.25, 0.3) is 0 Å². The zero-order chi connectivity index (χ0) is 11.8. The Kier molecular flexibility index (Phi) is 3.09. The van der Waals surface area contributed by atoms with Crippen LogP contribution in [0.4, 0.5) is 0 Å². The molecule has 1 fully saturated rings. The van der Waals surface area contributed by atoms with Gasteiger partial charge in [0.05, 0.1) is 0 Å². The van der Waals surface area contributed by atoms with Crippen LogP contribution in [0.15, 0.2) is 11.6 Å². The fourth-order valence-electron chi connectivity index (χ4n) is 2.46. The van der Waals surface area contributed by atoms with Gasteiger partial charge in [-0.2, -0.15) is 0 Å². The molecule has 0 atom stereocenters. The van der Waals surface area contributed by atoms with E-state index in [0.717, 1.165) is 32.4 Å². The zero-order valence-corrected chi connectivity index (χ0v) is 10.8. The highest BCUT2D eigenvalue weighted by Crippen LogP contribution is 2.32. The minimum atomic E-state index is 0.269. The SMILES string of the molecule is CC(C)(C)C1=CCN(C(=O)C2CCC2)CC1. The monoisotopic (exact) mass is 221 g/mol. The summed E-state index contributed by atoms with van der Waals surface area (Å²) in [4.78, 5) is 14.1. The summed E-state index contributed by atoms with van der Waals surface area (Å²) in [5.74, 6) is 0.750. The molecule has 0 unspecified atom stereocenters. The molecule has 0 aromatic heterocycles. The molecule has 0 aromatic rings. The van der Waals surface area contributed by atoms with Gasteiger partial charge in [0.2, 0.25) is 5.91 Å². The van der Waals surface area contributed by atoms with E-state index in [-0.39, 0.29) is 5.41 Å². The lowest BCUT2D eigenvalue weighted by molar-refractivity contribution is -0.137. The Labute approximate surface area is 98.7 Å². The smallest absolute Gasteiger partial charge is 0.225 e. The van der Waals surface area contributed by atoms with Gasteiger partial charge in [-0.3, -0.25) is 4.79 Å². The van der Waals surface area contributed by atoms with Crippen LogP contribution in [0.2, 0.25) is 0 Å². The number of carbonyl (C=O) groups excluding carboxylic acids is 1. The van der Waals surface area contributed by atoms with E-state index >= 15 is 0 Å². The number of rotatable bonds is 1. The molecule has 0 aromatic carbocycles. The summed E-state index contributed by atoms with van der Waals surface area (Å²) < 4.78 is 0. The lowest BCUT2D eigenvalue weighted by Crippen LogP contribution is -2.41. The highest BCUT2D eigenvalue weighted by Gasteiger charge is 2.31. The Morgan fingerprint density at radius 1 is 1.38 bits per heavy atom. The fourth-order valence-corrected chi connectivity index (χ4v) is 2.46. The van der Waals surface area contributed by atoms with Crippen molar-refractivity contribution in [2.45, 2.75) is 46.5 Å². The number of amides is 1. The number of carbonyl (C=O) groups is 1. The van der Waals surface area contributed by atoms with Gasteiger partial charge in [-0.05, 0) is 24.7 Å². The van der Waals surface area contributed by atoms with Crippen molar-refractivity contribution >= 4 is 5.91 Å². The Balaban J connectivity index is 1.93. The Morgan fingerprint density at radius 2 is 2.06 bits per heavy atom. The molecule has 0 spiro atoms. The van der Waals surface area contributed by atoms with Crippen molar-refractivity contribution in [1.29, 1.82) is 0 Å². The second-order valence-electron chi connectivity index (χ2n) is 6.14. The van der Waals surface area contributed by atoms with Crippen molar-refractivity contribution in [3.05, 3.63) is 11.6 Å². The summed E-state index contributed by atoms with van der Waals surface area (Å²) >= 11 is 0. The van der Waals surface area contributed by atoms with Crippen LogP contribution in [0, 0.1) is 11.3 Å². The first-order chi connectivity index (χ1) is 7.48. The molecule has 1 heterocycles. The average molecular weight is 221 g/mol. The van der Waals surface area contributed by atoms with Crippen LogP contribution in [0.25, 0.3) is 0 Å². The second-order valence-corrected chi connectivity index (χ2v) is 6.14. The molecule has 2 aliphatic rings. The van der Waals surface area contributed by atoms with Gasteiger partial charge in [-0.25, -0.2) is 0 Å². The Hall–Kier alpha value is -0.790. The third-order valence-electron chi connectivity index (χ3n) is 3.94. The van der Waals surface area contributed by atoms with Crippen molar-refractivity contribution < 1.29 is 4.79 Å². The van der Waals surface area contributed by atoms with E-state index in [2.05, 4.69) is 26.8 Å². The highest BCUT2D eigenvalue weighted by molar-refractivity contribution is 5.80. The van der Waals surface area contributed by atoms with E-state index in [0.29, 0.717) is 11.8 Å². The fraction of sp³-hybridized carbons (Fsp3) is 0.786. The summed E-state index contributed by atoms with van der Waals surface area (Å²) in [5, 5.41) is 0. The lowest BCUT2D eigenvalue weighted by Gasteiger charge is -2.36. The van der Waals surface area contributed by atoms with Gasteiger partial charge in [0, 0.05) is 19.0 Å². The first kappa shape index (κ1) is 11.7. The molecule has 0 N–H and O–H groups in total. The Morgan fingerprint density at radius 3 is 2.44 bits per heavy atom. The van der Waals surface area contributed by atoms with E-state index in [1.165, 1.54) is 12.0 Å². The number of hydrogen-bond acceptors (Lipinski definition) is 1. The van der Waals surface area contributed by atoms with Crippen molar-refractivity contribution in [1.82, 2.24) is 4.90 Å². The molecule has 0 radical (unpaired) electrons. The van der Waals surface area contributed by atoms with E-state index < -0.39 is 0 Å². The maximum atomic E-state index is 12.0. The molecule has 0 saturated heterocycles. The predicted molar refractivity (Wildman–Crippen MR) is 66.1 cm³/mol. The molecule has 1 aliphatic heterocycles. The minimum absolute atomic E-state index is 0.269. The van der Waals surface area contributed by atoms with E-state index in [9.17, 15) is 4.79 Å². The highest BCUT2D eigenvalue weighted by atomic mass is 16.2. The van der Waals surface area contributed by atoms with Gasteiger partial charge >= 0.3 is 0 Å². The Bertz CT molecular complexity index is 307. The van der Waals surface area contributed by atoms with E-state index in [4.69, 9.17) is 0 Å². The van der Waals surface area contributed by atoms with Crippen LogP contribution in [0.1, 0.15) is 46.5 Å². The molecule has 2 nitrogen and oxygen atoms in total. The van der Waals surface area contributed by atoms with Crippen LogP contribution in [0.5, 0.6) is 0 Å². The average Bonchev–Trinajstić information content (AvgIpc) is 2.14. The first-order valence-corrected chi connectivity index (χ1v) is 6.47. The quantitative estimate of drug-likeness (QED) is 0.623. The number of nitrogens with zero attached hydrogens (tertiary/aromatic N) is 1. The van der Waals surface area contributed by atoms with Crippen molar-refractivity contribution in [2.75, 3.05) is 13.1 Å². The maximum absolute atomic E-state index is 12.0. The third kappa shape index (κ3) is 2.31. The van der Waals surface area contributed by atoms with Crippen molar-refractivity contribution in [3.8, 4) is 0 Å². The molecule has 1 saturated carbocycles. The topological polar surface area (TPSA) is 20.3 Å². The van der Waals surface area contributed by atoms with Crippen LogP contribution in [-0.2, 0) is 4.79 Å². The number of hydrogen-bond donors (Lipinski definition) is 0. The standard InChI is InChI=1S/C14H23NO/c1-14(2,3)12-7-9-15(10-8-12)13(16)11-5-4-6-11/h7,11H,4-6,8-10H2,1-3H3. The zero-order valence-electron chi connectivity index (χ0n) is 10.8. The van der Waals surface area contributed by atoms with Gasteiger partial charge in [0.15, 0.2) is 0 Å². The van der Waals surface area contributed by atoms with Gasteiger partial charge in [-0.15, -0.1) is 0 Å². The summed E-state index contributed by atoms with van der Waals surface area (Å²) in [6, 6.07) is 0. The first-order valence-electron chi connectivity index (χ1n) is 6.47. The maximum Gasteiger partial charge on any atom is 0.225 e. The van der Waals surface area contributed by atoms with Crippen LogP contribution in [0.3, 0.4) is 0 Å². The van der Waals surface area contributed by atoms with Gasteiger partial charge < -0.3 is 4.90 Å². The van der Waals surface area contributed by atoms with Crippen LogP contribution >= 0.6 is 0 Å². The molecule has 0 bridgehead atoms. The third-order valence-corrected chi connectivity index (χ3v) is 3.94. The summed E-state index contributed by atoms with van der Waals surface area (Å²) in [6.45, 7) is 8.52.